The minimum Gasteiger partial charge on any atom is -0.463 e. The highest BCUT2D eigenvalue weighted by Crippen LogP contribution is 2.02. The maximum Gasteiger partial charge on any atom is 0.302 e. The number of carbonyl (C=O) groups is 1. The van der Waals surface area contributed by atoms with E-state index in [1.807, 2.05) is 6.92 Å². The van der Waals surface area contributed by atoms with E-state index in [0.29, 0.717) is 0 Å². The second-order valence-corrected chi connectivity index (χ2v) is 4.33. The van der Waals surface area contributed by atoms with E-state index in [1.165, 1.54) is 32.6 Å². The van der Waals surface area contributed by atoms with Crippen LogP contribution in [0.15, 0.2) is 24.3 Å². The molecule has 0 fully saturated rings. The fourth-order valence-corrected chi connectivity index (χ4v) is 1.52. The lowest BCUT2D eigenvalue weighted by Gasteiger charge is -2.07. The minimum absolute atomic E-state index is 0.0164. The summed E-state index contributed by atoms with van der Waals surface area (Å²) in [4.78, 5) is 10.7. The van der Waals surface area contributed by atoms with Crippen LogP contribution in [0.4, 0.5) is 0 Å². The van der Waals surface area contributed by atoms with Crippen LogP contribution in [0.3, 0.4) is 0 Å². The SMILES string of the molecule is CCCCC/C=C\C/C=C\CC(C)OC(C)=O. The smallest absolute Gasteiger partial charge is 0.302 e. The van der Waals surface area contributed by atoms with Crippen LogP contribution >= 0.6 is 0 Å². The third-order valence-electron chi connectivity index (χ3n) is 2.42. The fourth-order valence-electron chi connectivity index (χ4n) is 1.52. The second kappa shape index (κ2) is 11.4. The van der Waals surface area contributed by atoms with Gasteiger partial charge in [0.2, 0.25) is 0 Å². The molecule has 98 valence electrons. The van der Waals surface area contributed by atoms with Crippen molar-refractivity contribution in [1.29, 1.82) is 0 Å². The summed E-state index contributed by atoms with van der Waals surface area (Å²) in [5.74, 6) is -0.207. The van der Waals surface area contributed by atoms with E-state index >= 15 is 0 Å². The van der Waals surface area contributed by atoms with Gasteiger partial charge in [-0.25, -0.2) is 0 Å². The van der Waals surface area contributed by atoms with Crippen LogP contribution in [0.5, 0.6) is 0 Å². The molecule has 0 aromatic heterocycles. The lowest BCUT2D eigenvalue weighted by molar-refractivity contribution is -0.145. The van der Waals surface area contributed by atoms with Crippen molar-refractivity contribution in [1.82, 2.24) is 0 Å². The molecule has 0 saturated heterocycles. The number of hydrogen-bond acceptors (Lipinski definition) is 2. The van der Waals surface area contributed by atoms with Gasteiger partial charge in [0.25, 0.3) is 0 Å². The monoisotopic (exact) mass is 238 g/mol. The average Bonchev–Trinajstić information content (AvgIpc) is 2.26. The van der Waals surface area contributed by atoms with Crippen molar-refractivity contribution in [3.8, 4) is 0 Å². The highest BCUT2D eigenvalue weighted by atomic mass is 16.5. The molecule has 0 N–H and O–H groups in total. The van der Waals surface area contributed by atoms with Crippen LogP contribution in [-0.2, 0) is 9.53 Å². The summed E-state index contributed by atoms with van der Waals surface area (Å²) in [6.07, 6.45) is 15.5. The van der Waals surface area contributed by atoms with Crippen LogP contribution in [0.1, 0.15) is 59.3 Å². The third kappa shape index (κ3) is 12.9. The van der Waals surface area contributed by atoms with Crippen molar-refractivity contribution >= 4 is 5.97 Å². The van der Waals surface area contributed by atoms with Crippen molar-refractivity contribution in [2.45, 2.75) is 65.4 Å². The van der Waals surface area contributed by atoms with Crippen LogP contribution < -0.4 is 0 Å². The standard InChI is InChI=1S/C15H26O2/c1-4-5-6-7-8-9-10-11-12-13-14(2)17-15(3)16/h8-9,11-12,14H,4-7,10,13H2,1-3H3/b9-8-,12-11-. The van der Waals surface area contributed by atoms with Crippen LogP contribution in [0.25, 0.3) is 0 Å². The predicted molar refractivity (Wildman–Crippen MR) is 72.9 cm³/mol. The molecule has 0 radical (unpaired) electrons. The lowest BCUT2D eigenvalue weighted by atomic mass is 10.2. The summed E-state index contributed by atoms with van der Waals surface area (Å²) in [7, 11) is 0. The highest BCUT2D eigenvalue weighted by Gasteiger charge is 2.01. The Morgan fingerprint density at radius 3 is 2.53 bits per heavy atom. The number of allylic oxidation sites excluding steroid dienone is 3. The summed E-state index contributed by atoms with van der Waals surface area (Å²) in [6.45, 7) is 5.57. The molecule has 0 spiro atoms. The quantitative estimate of drug-likeness (QED) is 0.338. The molecule has 0 heterocycles. The number of unbranched alkanes of at least 4 members (excludes halogenated alkanes) is 3. The molecule has 0 aromatic rings. The Kier molecular flexibility index (Phi) is 10.7. The number of rotatable bonds is 9. The van der Waals surface area contributed by atoms with Gasteiger partial charge in [-0.05, 0) is 26.2 Å². The number of hydrogen-bond donors (Lipinski definition) is 0. The number of ether oxygens (including phenoxy) is 1. The normalized spacial score (nSPS) is 13.4. The third-order valence-corrected chi connectivity index (χ3v) is 2.42. The zero-order chi connectivity index (χ0) is 12.9. The summed E-state index contributed by atoms with van der Waals surface area (Å²) in [5, 5.41) is 0. The van der Waals surface area contributed by atoms with Gasteiger partial charge in [-0.2, -0.15) is 0 Å². The zero-order valence-corrected chi connectivity index (χ0v) is 11.4. The molecule has 0 aliphatic carbocycles. The van der Waals surface area contributed by atoms with Crippen LogP contribution in [0, 0.1) is 0 Å². The average molecular weight is 238 g/mol. The molecular weight excluding hydrogens is 212 g/mol. The Bertz CT molecular complexity index is 241. The van der Waals surface area contributed by atoms with Gasteiger partial charge in [-0.1, -0.05) is 44.1 Å². The Hall–Kier alpha value is -1.05. The first kappa shape index (κ1) is 16.0. The summed E-state index contributed by atoms with van der Waals surface area (Å²) in [6, 6.07) is 0. The van der Waals surface area contributed by atoms with Crippen molar-refractivity contribution in [3.05, 3.63) is 24.3 Å². The van der Waals surface area contributed by atoms with Crippen molar-refractivity contribution in [3.63, 3.8) is 0 Å². The van der Waals surface area contributed by atoms with Crippen molar-refractivity contribution < 1.29 is 9.53 Å². The maximum absolute atomic E-state index is 10.7. The molecule has 0 aromatic carbocycles. The van der Waals surface area contributed by atoms with Gasteiger partial charge >= 0.3 is 5.97 Å². The van der Waals surface area contributed by atoms with E-state index in [9.17, 15) is 4.79 Å². The van der Waals surface area contributed by atoms with E-state index in [-0.39, 0.29) is 12.1 Å². The largest absolute Gasteiger partial charge is 0.463 e. The molecule has 17 heavy (non-hydrogen) atoms. The van der Waals surface area contributed by atoms with Gasteiger partial charge in [-0.15, -0.1) is 0 Å². The van der Waals surface area contributed by atoms with Gasteiger partial charge in [-0.3, -0.25) is 4.79 Å². The van der Waals surface area contributed by atoms with E-state index < -0.39 is 0 Å². The summed E-state index contributed by atoms with van der Waals surface area (Å²) in [5.41, 5.74) is 0. The topological polar surface area (TPSA) is 26.3 Å². The Labute approximate surface area is 106 Å². The summed E-state index contributed by atoms with van der Waals surface area (Å²) >= 11 is 0. The van der Waals surface area contributed by atoms with E-state index in [2.05, 4.69) is 31.2 Å². The molecule has 0 bridgehead atoms. The second-order valence-electron chi connectivity index (χ2n) is 4.33. The van der Waals surface area contributed by atoms with E-state index in [4.69, 9.17) is 4.74 Å². The zero-order valence-electron chi connectivity index (χ0n) is 11.4. The van der Waals surface area contributed by atoms with Gasteiger partial charge in [0.05, 0.1) is 0 Å². The first-order valence-electron chi connectivity index (χ1n) is 6.64. The molecule has 1 unspecified atom stereocenters. The molecule has 1 atom stereocenters. The first-order chi connectivity index (χ1) is 8.16. The van der Waals surface area contributed by atoms with Gasteiger partial charge in [0.1, 0.15) is 6.10 Å². The van der Waals surface area contributed by atoms with E-state index in [1.54, 1.807) is 0 Å². The molecule has 0 amide bonds. The minimum atomic E-state index is -0.207. The fraction of sp³-hybridized carbons (Fsp3) is 0.667. The molecule has 0 rings (SSSR count). The molecule has 0 aliphatic heterocycles. The highest BCUT2D eigenvalue weighted by molar-refractivity contribution is 5.66. The summed E-state index contributed by atoms with van der Waals surface area (Å²) < 4.78 is 5.01. The molecule has 2 heteroatoms. The van der Waals surface area contributed by atoms with Crippen LogP contribution in [0.2, 0.25) is 0 Å². The molecular formula is C15H26O2. The molecule has 0 saturated carbocycles. The molecule has 2 nitrogen and oxygen atoms in total. The Morgan fingerprint density at radius 1 is 1.18 bits per heavy atom. The molecule has 0 aliphatic rings. The van der Waals surface area contributed by atoms with Crippen LogP contribution in [-0.4, -0.2) is 12.1 Å². The van der Waals surface area contributed by atoms with Crippen molar-refractivity contribution in [2.75, 3.05) is 0 Å². The number of carbonyl (C=O) groups excluding carboxylic acids is 1. The van der Waals surface area contributed by atoms with Crippen molar-refractivity contribution in [2.24, 2.45) is 0 Å². The maximum atomic E-state index is 10.7. The van der Waals surface area contributed by atoms with E-state index in [0.717, 1.165) is 12.8 Å². The van der Waals surface area contributed by atoms with Gasteiger partial charge in [0, 0.05) is 13.3 Å². The first-order valence-corrected chi connectivity index (χ1v) is 6.64. The predicted octanol–water partition coefficient (Wildman–Crippen LogP) is 4.41. The number of esters is 1. The van der Waals surface area contributed by atoms with Gasteiger partial charge < -0.3 is 4.74 Å². The lowest BCUT2D eigenvalue weighted by Crippen LogP contribution is -2.10. The van der Waals surface area contributed by atoms with Gasteiger partial charge in [0.15, 0.2) is 0 Å². The Balaban J connectivity index is 3.44. The Morgan fingerprint density at radius 2 is 1.88 bits per heavy atom.